The lowest BCUT2D eigenvalue weighted by Gasteiger charge is -2.34. The van der Waals surface area contributed by atoms with Gasteiger partial charge in [0.15, 0.2) is 9.84 Å². The smallest absolute Gasteiger partial charge is 0.175 e. The Balaban J connectivity index is 1.88. The third-order valence-electron chi connectivity index (χ3n) is 4.56. The third-order valence-corrected chi connectivity index (χ3v) is 5.67. The highest BCUT2D eigenvalue weighted by molar-refractivity contribution is 7.90. The topological polar surface area (TPSA) is 37.4 Å². The lowest BCUT2D eigenvalue weighted by Crippen LogP contribution is -2.33. The first-order chi connectivity index (χ1) is 11.2. The highest BCUT2D eigenvalue weighted by Gasteiger charge is 2.23. The molecule has 0 saturated heterocycles. The van der Waals surface area contributed by atoms with Gasteiger partial charge in [-0.25, -0.2) is 17.2 Å². The fourth-order valence-electron chi connectivity index (χ4n) is 3.14. The number of hydrogen-bond acceptors (Lipinski definition) is 3. The molecular formula is C18H19F2NO2S. The molecule has 24 heavy (non-hydrogen) atoms. The van der Waals surface area contributed by atoms with Gasteiger partial charge in [0.25, 0.3) is 0 Å². The largest absolute Gasteiger partial charge is 0.292 e. The summed E-state index contributed by atoms with van der Waals surface area (Å²) in [5.41, 5.74) is 2.65. The van der Waals surface area contributed by atoms with Crippen LogP contribution in [0, 0.1) is 11.6 Å². The molecule has 0 amide bonds. The minimum atomic E-state index is -3.26. The Kier molecular flexibility index (Phi) is 4.44. The van der Waals surface area contributed by atoms with Crippen LogP contribution in [0.5, 0.6) is 0 Å². The Hall–Kier alpha value is -1.79. The summed E-state index contributed by atoms with van der Waals surface area (Å²) in [6, 6.07) is 8.58. The van der Waals surface area contributed by atoms with Crippen molar-refractivity contribution >= 4 is 9.84 Å². The molecule has 0 saturated carbocycles. The van der Waals surface area contributed by atoms with Crippen molar-refractivity contribution in [1.29, 1.82) is 0 Å². The van der Waals surface area contributed by atoms with Gasteiger partial charge in [-0.3, -0.25) is 4.90 Å². The van der Waals surface area contributed by atoms with Gasteiger partial charge in [-0.2, -0.15) is 0 Å². The number of fused-ring (bicyclic) bond motifs is 1. The summed E-state index contributed by atoms with van der Waals surface area (Å²) in [6.45, 7) is 3.21. The number of rotatable bonds is 3. The summed E-state index contributed by atoms with van der Waals surface area (Å²) in [7, 11) is -3.26. The molecular weight excluding hydrogens is 332 g/mol. The summed E-state index contributed by atoms with van der Waals surface area (Å²) in [4.78, 5) is 2.40. The van der Waals surface area contributed by atoms with Crippen LogP contribution in [0.15, 0.2) is 41.3 Å². The van der Waals surface area contributed by atoms with Crippen LogP contribution in [0.3, 0.4) is 0 Å². The third kappa shape index (κ3) is 3.49. The van der Waals surface area contributed by atoms with Crippen LogP contribution in [0.4, 0.5) is 8.78 Å². The molecule has 0 aliphatic carbocycles. The second kappa shape index (κ2) is 6.26. The van der Waals surface area contributed by atoms with Crippen molar-refractivity contribution in [3.05, 3.63) is 64.7 Å². The molecule has 0 unspecified atom stereocenters. The predicted octanol–water partition coefficient (Wildman–Crippen LogP) is 3.49. The fraction of sp³-hybridized carbons (Fsp3) is 0.333. The van der Waals surface area contributed by atoms with Gasteiger partial charge in [-0.05, 0) is 54.3 Å². The summed E-state index contributed by atoms with van der Waals surface area (Å²) in [6.07, 6.45) is 1.97. The van der Waals surface area contributed by atoms with Gasteiger partial charge in [0.1, 0.15) is 11.6 Å². The lowest BCUT2D eigenvalue weighted by molar-refractivity contribution is 0.191. The zero-order chi connectivity index (χ0) is 17.5. The number of halogens is 2. The average molecular weight is 351 g/mol. The lowest BCUT2D eigenvalue weighted by atomic mass is 9.97. The highest BCUT2D eigenvalue weighted by atomic mass is 32.2. The predicted molar refractivity (Wildman–Crippen MR) is 88.4 cm³/mol. The molecule has 2 aromatic rings. The molecule has 0 aromatic heterocycles. The number of benzene rings is 2. The van der Waals surface area contributed by atoms with Crippen molar-refractivity contribution in [3.63, 3.8) is 0 Å². The molecule has 128 valence electrons. The average Bonchev–Trinajstić information content (AvgIpc) is 2.51. The van der Waals surface area contributed by atoms with Gasteiger partial charge >= 0.3 is 0 Å². The minimum Gasteiger partial charge on any atom is -0.292 e. The zero-order valence-electron chi connectivity index (χ0n) is 13.6. The maximum Gasteiger partial charge on any atom is 0.175 e. The van der Waals surface area contributed by atoms with E-state index in [-0.39, 0.29) is 6.04 Å². The summed E-state index contributed by atoms with van der Waals surface area (Å²) >= 11 is 0. The van der Waals surface area contributed by atoms with Crippen LogP contribution in [0.25, 0.3) is 0 Å². The molecule has 1 aliphatic heterocycles. The normalized spacial score (nSPS) is 16.7. The Labute approximate surface area is 140 Å². The molecule has 3 nitrogen and oxygen atoms in total. The van der Waals surface area contributed by atoms with Crippen LogP contribution in [0.1, 0.15) is 29.7 Å². The second-order valence-electron chi connectivity index (χ2n) is 6.30. The van der Waals surface area contributed by atoms with E-state index in [0.717, 1.165) is 30.2 Å². The van der Waals surface area contributed by atoms with Crippen LogP contribution in [-0.2, 0) is 22.8 Å². The van der Waals surface area contributed by atoms with E-state index in [4.69, 9.17) is 0 Å². The van der Waals surface area contributed by atoms with Crippen LogP contribution >= 0.6 is 0 Å². The standard InChI is InChI=1S/C18H19F2NO2S/c1-12(14-7-16(19)10-17(20)8-14)21-6-5-13-3-4-18(24(2,22)23)9-15(13)11-21/h3-4,7-10,12H,5-6,11H2,1-2H3/t12-/m1/s1. The first-order valence-electron chi connectivity index (χ1n) is 7.76. The van der Waals surface area contributed by atoms with E-state index in [0.29, 0.717) is 17.0 Å². The fourth-order valence-corrected chi connectivity index (χ4v) is 3.82. The van der Waals surface area contributed by atoms with E-state index in [1.54, 1.807) is 12.1 Å². The van der Waals surface area contributed by atoms with Crippen LogP contribution in [-0.4, -0.2) is 26.1 Å². The number of hydrogen-bond donors (Lipinski definition) is 0. The number of nitrogens with zero attached hydrogens (tertiary/aromatic N) is 1. The second-order valence-corrected chi connectivity index (χ2v) is 8.32. The SMILES string of the molecule is C[C@H](c1cc(F)cc(F)c1)N1CCc2ccc(S(C)(=O)=O)cc2C1. The van der Waals surface area contributed by atoms with Crippen LogP contribution in [0.2, 0.25) is 0 Å². The highest BCUT2D eigenvalue weighted by Crippen LogP contribution is 2.29. The van der Waals surface area contributed by atoms with Gasteiger partial charge in [0.05, 0.1) is 4.90 Å². The molecule has 0 spiro atoms. The molecule has 0 fully saturated rings. The van der Waals surface area contributed by atoms with Gasteiger partial charge in [0.2, 0.25) is 0 Å². The van der Waals surface area contributed by atoms with Crippen molar-refractivity contribution < 1.29 is 17.2 Å². The Morgan fingerprint density at radius 3 is 2.33 bits per heavy atom. The molecule has 1 aliphatic rings. The quantitative estimate of drug-likeness (QED) is 0.849. The monoisotopic (exact) mass is 351 g/mol. The summed E-state index contributed by atoms with van der Waals surface area (Å²) < 4.78 is 50.4. The van der Waals surface area contributed by atoms with E-state index in [9.17, 15) is 17.2 Å². The minimum absolute atomic E-state index is 0.162. The first-order valence-corrected chi connectivity index (χ1v) is 9.65. The van der Waals surface area contributed by atoms with Crippen LogP contribution < -0.4 is 0 Å². The van der Waals surface area contributed by atoms with Crippen molar-refractivity contribution in [2.45, 2.75) is 30.8 Å². The zero-order valence-corrected chi connectivity index (χ0v) is 14.4. The van der Waals surface area contributed by atoms with E-state index >= 15 is 0 Å². The molecule has 1 atom stereocenters. The Morgan fingerprint density at radius 1 is 1.04 bits per heavy atom. The van der Waals surface area contributed by atoms with Crippen molar-refractivity contribution in [3.8, 4) is 0 Å². The van der Waals surface area contributed by atoms with Crippen molar-refractivity contribution in [2.75, 3.05) is 12.8 Å². The molecule has 6 heteroatoms. The van der Waals surface area contributed by atoms with Gasteiger partial charge in [-0.1, -0.05) is 6.07 Å². The molecule has 0 radical (unpaired) electrons. The summed E-state index contributed by atoms with van der Waals surface area (Å²) in [5, 5.41) is 0. The maximum atomic E-state index is 13.5. The Morgan fingerprint density at radius 2 is 1.71 bits per heavy atom. The Bertz CT molecular complexity index is 860. The molecule has 3 rings (SSSR count). The summed E-state index contributed by atoms with van der Waals surface area (Å²) in [5.74, 6) is -1.18. The van der Waals surface area contributed by atoms with E-state index < -0.39 is 21.5 Å². The number of sulfone groups is 1. The molecule has 1 heterocycles. The van der Waals surface area contributed by atoms with Gasteiger partial charge in [-0.15, -0.1) is 0 Å². The first kappa shape index (κ1) is 17.0. The van der Waals surface area contributed by atoms with E-state index in [1.165, 1.54) is 18.4 Å². The van der Waals surface area contributed by atoms with Gasteiger partial charge in [0, 0.05) is 31.5 Å². The molecule has 0 N–H and O–H groups in total. The van der Waals surface area contributed by atoms with E-state index in [1.807, 2.05) is 13.0 Å². The van der Waals surface area contributed by atoms with E-state index in [2.05, 4.69) is 4.90 Å². The van der Waals surface area contributed by atoms with Gasteiger partial charge < -0.3 is 0 Å². The maximum absolute atomic E-state index is 13.5. The molecule has 0 bridgehead atoms. The molecule has 2 aromatic carbocycles. The van der Waals surface area contributed by atoms with Crippen molar-refractivity contribution in [2.24, 2.45) is 0 Å². The van der Waals surface area contributed by atoms with Crippen molar-refractivity contribution in [1.82, 2.24) is 4.90 Å².